The van der Waals surface area contributed by atoms with Gasteiger partial charge in [0, 0.05) is 4.47 Å². The number of rotatable bonds is 1. The Bertz CT molecular complexity index is 620. The first-order valence-corrected chi connectivity index (χ1v) is 7.00. The molecule has 96 valence electrons. The minimum atomic E-state index is -0.270. The summed E-state index contributed by atoms with van der Waals surface area (Å²) in [5, 5.41) is 9.12. The van der Waals surface area contributed by atoms with E-state index in [1.54, 1.807) is 18.2 Å². The highest BCUT2D eigenvalue weighted by molar-refractivity contribution is 9.10. The molecule has 1 saturated carbocycles. The number of amides is 2. The number of halogens is 1. The molecular formula is C14H11BrN2O2. The van der Waals surface area contributed by atoms with E-state index in [0.717, 1.165) is 23.7 Å². The first kappa shape index (κ1) is 12.4. The molecule has 2 aliphatic rings. The van der Waals surface area contributed by atoms with Gasteiger partial charge in [0.05, 0.1) is 29.2 Å². The van der Waals surface area contributed by atoms with Crippen LogP contribution in [0.2, 0.25) is 0 Å². The predicted molar refractivity (Wildman–Crippen MR) is 71.4 cm³/mol. The second-order valence-corrected chi connectivity index (χ2v) is 5.82. The van der Waals surface area contributed by atoms with Gasteiger partial charge in [-0.1, -0.05) is 15.9 Å². The van der Waals surface area contributed by atoms with Gasteiger partial charge in [-0.25, -0.2) is 0 Å². The number of imide groups is 1. The largest absolute Gasteiger partial charge is 0.270 e. The number of hydrogen-bond donors (Lipinski definition) is 0. The third kappa shape index (κ3) is 1.79. The third-order valence-electron chi connectivity index (χ3n) is 3.86. The van der Waals surface area contributed by atoms with Crippen LogP contribution < -0.4 is 0 Å². The van der Waals surface area contributed by atoms with Crippen molar-refractivity contribution in [2.75, 3.05) is 0 Å². The highest BCUT2D eigenvalue weighted by Crippen LogP contribution is 2.35. The standard InChI is InChI=1S/C14H11BrN2O2/c15-9-4-5-10-11(6-9)14(19)17(13(10)18)12-3-1-2-8(12)7-16/h4-6,8,12H,1-3H2. The van der Waals surface area contributed by atoms with E-state index in [4.69, 9.17) is 5.26 Å². The summed E-state index contributed by atoms with van der Waals surface area (Å²) in [5.74, 6) is -0.765. The summed E-state index contributed by atoms with van der Waals surface area (Å²) in [6.07, 6.45) is 2.38. The first-order chi connectivity index (χ1) is 9.13. The Labute approximate surface area is 119 Å². The molecule has 0 radical (unpaired) electrons. The minimum absolute atomic E-state index is 0.231. The van der Waals surface area contributed by atoms with E-state index < -0.39 is 0 Å². The van der Waals surface area contributed by atoms with Crippen molar-refractivity contribution in [3.05, 3.63) is 33.8 Å². The monoisotopic (exact) mass is 318 g/mol. The topological polar surface area (TPSA) is 61.2 Å². The normalized spacial score (nSPS) is 25.6. The molecule has 2 atom stereocenters. The zero-order valence-electron chi connectivity index (χ0n) is 10.1. The van der Waals surface area contributed by atoms with Gasteiger partial charge in [-0.05, 0) is 37.5 Å². The zero-order chi connectivity index (χ0) is 13.6. The molecule has 1 aliphatic heterocycles. The number of nitrogens with zero attached hydrogens (tertiary/aromatic N) is 2. The van der Waals surface area contributed by atoms with Gasteiger partial charge in [-0.3, -0.25) is 14.5 Å². The summed E-state index contributed by atoms with van der Waals surface area (Å²) in [6, 6.07) is 7.04. The van der Waals surface area contributed by atoms with Gasteiger partial charge in [-0.2, -0.15) is 5.26 Å². The molecule has 3 rings (SSSR count). The highest BCUT2D eigenvalue weighted by atomic mass is 79.9. The lowest BCUT2D eigenvalue weighted by Gasteiger charge is -2.24. The van der Waals surface area contributed by atoms with Gasteiger partial charge >= 0.3 is 0 Å². The lowest BCUT2D eigenvalue weighted by Crippen LogP contribution is -2.41. The summed E-state index contributed by atoms with van der Waals surface area (Å²) in [4.78, 5) is 26.0. The Morgan fingerprint density at radius 2 is 1.95 bits per heavy atom. The number of nitriles is 1. The molecule has 1 aromatic carbocycles. The minimum Gasteiger partial charge on any atom is -0.270 e. The van der Waals surface area contributed by atoms with Gasteiger partial charge in [-0.15, -0.1) is 0 Å². The van der Waals surface area contributed by atoms with Gasteiger partial charge in [0.15, 0.2) is 0 Å². The molecule has 2 amide bonds. The maximum atomic E-state index is 12.4. The molecule has 2 unspecified atom stereocenters. The van der Waals surface area contributed by atoms with Crippen LogP contribution in [-0.4, -0.2) is 22.8 Å². The quantitative estimate of drug-likeness (QED) is 0.748. The van der Waals surface area contributed by atoms with Crippen molar-refractivity contribution in [3.63, 3.8) is 0 Å². The SMILES string of the molecule is N#CC1CCCC1N1C(=O)c2ccc(Br)cc2C1=O. The smallest absolute Gasteiger partial charge is 0.261 e. The van der Waals surface area contributed by atoms with Crippen LogP contribution in [-0.2, 0) is 0 Å². The van der Waals surface area contributed by atoms with Crippen LogP contribution >= 0.6 is 15.9 Å². The van der Waals surface area contributed by atoms with E-state index in [-0.39, 0.29) is 23.8 Å². The van der Waals surface area contributed by atoms with Crippen LogP contribution in [0, 0.1) is 17.2 Å². The Morgan fingerprint density at radius 1 is 1.21 bits per heavy atom. The Morgan fingerprint density at radius 3 is 2.68 bits per heavy atom. The average molecular weight is 319 g/mol. The molecule has 1 fully saturated rings. The van der Waals surface area contributed by atoms with Crippen LogP contribution in [0.4, 0.5) is 0 Å². The second-order valence-electron chi connectivity index (χ2n) is 4.90. The number of fused-ring (bicyclic) bond motifs is 1. The maximum absolute atomic E-state index is 12.4. The van der Waals surface area contributed by atoms with E-state index in [1.807, 2.05) is 0 Å². The Kier molecular flexibility index (Phi) is 2.90. The van der Waals surface area contributed by atoms with E-state index in [9.17, 15) is 9.59 Å². The van der Waals surface area contributed by atoms with Crippen LogP contribution in [0.1, 0.15) is 40.0 Å². The second kappa shape index (κ2) is 4.46. The fraction of sp³-hybridized carbons (Fsp3) is 0.357. The Hall–Kier alpha value is -1.67. The lowest BCUT2D eigenvalue weighted by molar-refractivity contribution is 0.0567. The molecule has 5 heteroatoms. The van der Waals surface area contributed by atoms with Crippen LogP contribution in [0.5, 0.6) is 0 Å². The first-order valence-electron chi connectivity index (χ1n) is 6.20. The van der Waals surface area contributed by atoms with Crippen molar-refractivity contribution in [1.82, 2.24) is 4.90 Å². The molecule has 4 nitrogen and oxygen atoms in total. The molecule has 19 heavy (non-hydrogen) atoms. The van der Waals surface area contributed by atoms with Crippen molar-refractivity contribution in [3.8, 4) is 6.07 Å². The molecule has 0 aromatic heterocycles. The molecule has 0 bridgehead atoms. The summed E-state index contributed by atoms with van der Waals surface area (Å²) in [5.41, 5.74) is 0.875. The molecule has 0 N–H and O–H groups in total. The fourth-order valence-corrected chi connectivity index (χ4v) is 3.29. The van der Waals surface area contributed by atoms with E-state index in [2.05, 4.69) is 22.0 Å². The van der Waals surface area contributed by atoms with Crippen LogP contribution in [0.25, 0.3) is 0 Å². The molecule has 1 heterocycles. The average Bonchev–Trinajstić information content (AvgIpc) is 2.94. The van der Waals surface area contributed by atoms with Crippen molar-refractivity contribution in [2.24, 2.45) is 5.92 Å². The highest BCUT2D eigenvalue weighted by Gasteiger charge is 2.44. The molecule has 0 spiro atoms. The molecule has 0 saturated heterocycles. The van der Waals surface area contributed by atoms with Crippen molar-refractivity contribution in [1.29, 1.82) is 5.26 Å². The van der Waals surface area contributed by atoms with E-state index in [0.29, 0.717) is 11.1 Å². The van der Waals surface area contributed by atoms with Gasteiger partial charge in [0.2, 0.25) is 0 Å². The van der Waals surface area contributed by atoms with Gasteiger partial charge in [0.1, 0.15) is 0 Å². The number of benzene rings is 1. The van der Waals surface area contributed by atoms with Crippen LogP contribution in [0.3, 0.4) is 0 Å². The van der Waals surface area contributed by atoms with Crippen molar-refractivity contribution >= 4 is 27.7 Å². The van der Waals surface area contributed by atoms with E-state index in [1.165, 1.54) is 4.90 Å². The maximum Gasteiger partial charge on any atom is 0.261 e. The number of carbonyl (C=O) groups excluding carboxylic acids is 2. The molecular weight excluding hydrogens is 308 g/mol. The summed E-state index contributed by atoms with van der Waals surface area (Å²) in [7, 11) is 0. The number of hydrogen-bond acceptors (Lipinski definition) is 3. The van der Waals surface area contributed by atoms with Crippen molar-refractivity contribution in [2.45, 2.75) is 25.3 Å². The fourth-order valence-electron chi connectivity index (χ4n) is 2.93. The zero-order valence-corrected chi connectivity index (χ0v) is 11.7. The lowest BCUT2D eigenvalue weighted by atomic mass is 10.0. The third-order valence-corrected chi connectivity index (χ3v) is 4.35. The Balaban J connectivity index is 2.01. The van der Waals surface area contributed by atoms with Crippen LogP contribution in [0.15, 0.2) is 22.7 Å². The predicted octanol–water partition coefficient (Wildman–Crippen LogP) is 2.74. The number of carbonyl (C=O) groups is 2. The van der Waals surface area contributed by atoms with Gasteiger partial charge < -0.3 is 0 Å². The molecule has 1 aliphatic carbocycles. The summed E-state index contributed by atoms with van der Waals surface area (Å²) in [6.45, 7) is 0. The summed E-state index contributed by atoms with van der Waals surface area (Å²) >= 11 is 3.31. The molecule has 1 aromatic rings. The summed E-state index contributed by atoms with van der Waals surface area (Å²) < 4.78 is 0.775. The van der Waals surface area contributed by atoms with Gasteiger partial charge in [0.25, 0.3) is 11.8 Å². The van der Waals surface area contributed by atoms with E-state index >= 15 is 0 Å². The van der Waals surface area contributed by atoms with Crippen molar-refractivity contribution < 1.29 is 9.59 Å².